The number of anilines is 1. The molecule has 0 atom stereocenters. The van der Waals surface area contributed by atoms with Gasteiger partial charge in [-0.25, -0.2) is 4.99 Å². The van der Waals surface area contributed by atoms with Gasteiger partial charge in [-0.3, -0.25) is 5.01 Å². The summed E-state index contributed by atoms with van der Waals surface area (Å²) in [5.74, 6) is 0.927. The Morgan fingerprint density at radius 1 is 1.04 bits per heavy atom. The van der Waals surface area contributed by atoms with Gasteiger partial charge in [-0.05, 0) is 29.0 Å². The molecule has 0 spiro atoms. The summed E-state index contributed by atoms with van der Waals surface area (Å²) in [7, 11) is 0. The number of aliphatic imine (C=N–C) groups is 1. The van der Waals surface area contributed by atoms with Crippen LogP contribution in [0, 0.1) is 0 Å². The number of hydrogen-bond donors (Lipinski definition) is 1. The van der Waals surface area contributed by atoms with Crippen LogP contribution in [0.4, 0.5) is 5.69 Å². The fraction of sp³-hybridized carbons (Fsp3) is 0.100. The lowest BCUT2D eigenvalue weighted by atomic mass is 10.0. The maximum absolute atomic E-state index is 10.2. The average Bonchev–Trinajstić information content (AvgIpc) is 3.10. The van der Waals surface area contributed by atoms with Crippen LogP contribution < -0.4 is 5.01 Å². The van der Waals surface area contributed by atoms with Crippen LogP contribution in [0.5, 0.6) is 5.75 Å². The van der Waals surface area contributed by atoms with Crippen molar-refractivity contribution in [2.45, 2.75) is 6.42 Å². The summed E-state index contributed by atoms with van der Waals surface area (Å²) in [6.45, 7) is 0.734. The molecule has 1 heterocycles. The van der Waals surface area contributed by atoms with Gasteiger partial charge < -0.3 is 5.11 Å². The number of hydrogen-bond acceptors (Lipinski definition) is 4. The largest absolute Gasteiger partial charge is 0.507 e. The van der Waals surface area contributed by atoms with Crippen molar-refractivity contribution in [2.24, 2.45) is 10.1 Å². The molecule has 4 nitrogen and oxygen atoms in total. The smallest absolute Gasteiger partial charge is 0.150 e. The molecule has 0 saturated heterocycles. The number of benzene rings is 3. The number of phenols is 1. The average molecular weight is 350 g/mol. The molecular weight excluding hydrogens is 334 g/mol. The molecule has 3 aromatic rings. The zero-order valence-corrected chi connectivity index (χ0v) is 14.2. The Labute approximate surface area is 150 Å². The Morgan fingerprint density at radius 3 is 2.72 bits per heavy atom. The molecule has 0 fully saturated rings. The van der Waals surface area contributed by atoms with Crippen LogP contribution in [-0.2, 0) is 0 Å². The summed E-state index contributed by atoms with van der Waals surface area (Å²) in [4.78, 5) is 4.49. The summed E-state index contributed by atoms with van der Waals surface area (Å²) in [6, 6.07) is 19.1. The Bertz CT molecular complexity index is 997. The van der Waals surface area contributed by atoms with Crippen molar-refractivity contribution in [3.63, 3.8) is 0 Å². The second kappa shape index (κ2) is 6.57. The van der Waals surface area contributed by atoms with E-state index in [9.17, 15) is 5.11 Å². The molecule has 25 heavy (non-hydrogen) atoms. The van der Waals surface area contributed by atoms with Crippen molar-refractivity contribution >= 4 is 40.1 Å². The van der Waals surface area contributed by atoms with E-state index in [1.807, 2.05) is 59.6 Å². The van der Waals surface area contributed by atoms with Gasteiger partial charge in [0.15, 0.2) is 5.84 Å². The van der Waals surface area contributed by atoms with E-state index in [0.29, 0.717) is 16.4 Å². The highest BCUT2D eigenvalue weighted by atomic mass is 35.5. The molecule has 0 bridgehead atoms. The van der Waals surface area contributed by atoms with Gasteiger partial charge in [-0.2, -0.15) is 5.10 Å². The van der Waals surface area contributed by atoms with Crippen molar-refractivity contribution in [3.8, 4) is 5.75 Å². The van der Waals surface area contributed by atoms with Gasteiger partial charge >= 0.3 is 0 Å². The van der Waals surface area contributed by atoms with Gasteiger partial charge in [0, 0.05) is 24.7 Å². The normalized spacial score (nSPS) is 14.4. The predicted octanol–water partition coefficient (Wildman–Crippen LogP) is 4.84. The second-order valence-corrected chi connectivity index (χ2v) is 6.23. The Kier molecular flexibility index (Phi) is 4.12. The van der Waals surface area contributed by atoms with Crippen molar-refractivity contribution < 1.29 is 5.11 Å². The van der Waals surface area contributed by atoms with Crippen molar-refractivity contribution in [2.75, 3.05) is 11.6 Å². The lowest BCUT2D eigenvalue weighted by molar-refractivity contribution is 0.475. The third-order valence-electron chi connectivity index (χ3n) is 4.20. The molecular formula is C20H16ClN3O. The molecule has 0 amide bonds. The minimum Gasteiger partial charge on any atom is -0.507 e. The zero-order valence-electron chi connectivity index (χ0n) is 13.4. The lowest BCUT2D eigenvalue weighted by Crippen LogP contribution is -2.11. The van der Waals surface area contributed by atoms with Crippen LogP contribution >= 0.6 is 11.6 Å². The van der Waals surface area contributed by atoms with E-state index in [1.54, 1.807) is 12.3 Å². The van der Waals surface area contributed by atoms with Gasteiger partial charge in [0.25, 0.3) is 0 Å². The number of para-hydroxylation sites is 1. The number of rotatable bonds is 2. The number of halogens is 1. The molecule has 124 valence electrons. The van der Waals surface area contributed by atoms with E-state index >= 15 is 0 Å². The third kappa shape index (κ3) is 3.08. The van der Waals surface area contributed by atoms with E-state index in [-0.39, 0.29) is 5.75 Å². The number of nitrogens with zero attached hydrogens (tertiary/aromatic N) is 3. The molecule has 5 heteroatoms. The first-order chi connectivity index (χ1) is 12.2. The predicted molar refractivity (Wildman–Crippen MR) is 104 cm³/mol. The van der Waals surface area contributed by atoms with Crippen LogP contribution in [0.15, 0.2) is 70.8 Å². The fourth-order valence-electron chi connectivity index (χ4n) is 2.93. The zero-order chi connectivity index (χ0) is 17.2. The maximum atomic E-state index is 10.2. The summed E-state index contributed by atoms with van der Waals surface area (Å²) in [5.41, 5.74) is 1.58. The summed E-state index contributed by atoms with van der Waals surface area (Å²) < 4.78 is 0. The number of amidine groups is 1. The van der Waals surface area contributed by atoms with Crippen LogP contribution in [0.25, 0.3) is 10.8 Å². The standard InChI is InChI=1S/C20H16ClN3O/c21-17-7-3-4-8-18(17)24-12-11-20(23-24)22-13-16-15-6-2-1-5-14(15)9-10-19(16)25/h1-10,13,25H,11-12H2. The van der Waals surface area contributed by atoms with Crippen molar-refractivity contribution in [3.05, 3.63) is 71.2 Å². The van der Waals surface area contributed by atoms with Gasteiger partial charge in [0.05, 0.1) is 10.7 Å². The van der Waals surface area contributed by atoms with Crippen molar-refractivity contribution in [1.29, 1.82) is 0 Å². The first-order valence-corrected chi connectivity index (χ1v) is 8.44. The maximum Gasteiger partial charge on any atom is 0.150 e. The number of hydrazone groups is 1. The molecule has 1 aliphatic rings. The molecule has 4 rings (SSSR count). The van der Waals surface area contributed by atoms with Gasteiger partial charge in [0.2, 0.25) is 0 Å². The van der Waals surface area contributed by atoms with E-state index in [1.165, 1.54) is 0 Å². The highest BCUT2D eigenvalue weighted by molar-refractivity contribution is 6.33. The van der Waals surface area contributed by atoms with Gasteiger partial charge in [-0.15, -0.1) is 0 Å². The van der Waals surface area contributed by atoms with Crippen LogP contribution in [0.3, 0.4) is 0 Å². The minimum atomic E-state index is 0.212. The molecule has 3 aromatic carbocycles. The molecule has 1 aliphatic heterocycles. The topological polar surface area (TPSA) is 48.2 Å². The second-order valence-electron chi connectivity index (χ2n) is 5.82. The molecule has 1 N–H and O–H groups in total. The fourth-order valence-corrected chi connectivity index (χ4v) is 3.16. The van der Waals surface area contributed by atoms with E-state index in [4.69, 9.17) is 11.6 Å². The quantitative estimate of drug-likeness (QED) is 0.673. The number of fused-ring (bicyclic) bond motifs is 1. The van der Waals surface area contributed by atoms with E-state index in [0.717, 1.165) is 29.4 Å². The highest BCUT2D eigenvalue weighted by Crippen LogP contribution is 2.28. The summed E-state index contributed by atoms with van der Waals surface area (Å²) >= 11 is 6.23. The first-order valence-electron chi connectivity index (χ1n) is 8.07. The molecule has 0 aliphatic carbocycles. The van der Waals surface area contributed by atoms with Crippen LogP contribution in [-0.4, -0.2) is 23.7 Å². The van der Waals surface area contributed by atoms with Crippen LogP contribution in [0.2, 0.25) is 5.02 Å². The molecule has 0 unspecified atom stereocenters. The molecule has 0 saturated carbocycles. The third-order valence-corrected chi connectivity index (χ3v) is 4.52. The SMILES string of the molecule is Oc1ccc2ccccc2c1C=NC1=NN(c2ccccc2Cl)CC1. The lowest BCUT2D eigenvalue weighted by Gasteiger charge is -2.14. The first kappa shape index (κ1) is 15.7. The monoisotopic (exact) mass is 349 g/mol. The minimum absolute atomic E-state index is 0.212. The van der Waals surface area contributed by atoms with Crippen LogP contribution in [0.1, 0.15) is 12.0 Å². The number of aromatic hydroxyl groups is 1. The Hall–Kier alpha value is -2.85. The Balaban J connectivity index is 1.64. The summed E-state index contributed by atoms with van der Waals surface area (Å²) in [5, 5.41) is 19.3. The van der Waals surface area contributed by atoms with E-state index < -0.39 is 0 Å². The highest BCUT2D eigenvalue weighted by Gasteiger charge is 2.17. The molecule has 0 aromatic heterocycles. The number of phenolic OH excluding ortho intramolecular Hbond substituents is 1. The Morgan fingerprint density at radius 2 is 1.84 bits per heavy atom. The summed E-state index contributed by atoms with van der Waals surface area (Å²) in [6.07, 6.45) is 2.42. The van der Waals surface area contributed by atoms with E-state index in [2.05, 4.69) is 10.1 Å². The molecule has 0 radical (unpaired) electrons. The van der Waals surface area contributed by atoms with Crippen molar-refractivity contribution in [1.82, 2.24) is 0 Å². The van der Waals surface area contributed by atoms with Gasteiger partial charge in [0.1, 0.15) is 5.75 Å². The van der Waals surface area contributed by atoms with Gasteiger partial charge in [-0.1, -0.05) is 54.1 Å².